The number of carbonyl (C=O) groups excluding carboxylic acids is 2. The maximum absolute atomic E-state index is 11.1. The first kappa shape index (κ1) is 18.9. The zero-order chi connectivity index (χ0) is 12.3. The number of carboxylic acid groups (broad SMARTS) is 2. The van der Waals surface area contributed by atoms with E-state index in [4.69, 9.17) is 0 Å². The van der Waals surface area contributed by atoms with Crippen LogP contribution in [0.3, 0.4) is 0 Å². The molecule has 0 rings (SSSR count). The predicted octanol–water partition coefficient (Wildman–Crippen LogP) is -0.672. The van der Waals surface area contributed by atoms with Gasteiger partial charge in [0.05, 0.1) is 17.4 Å². The van der Waals surface area contributed by atoms with Gasteiger partial charge < -0.3 is 19.8 Å². The van der Waals surface area contributed by atoms with Crippen LogP contribution >= 0.6 is 0 Å². The van der Waals surface area contributed by atoms with Crippen LogP contribution in [0.15, 0.2) is 0 Å². The topological polar surface area (TPSA) is 80.3 Å². The Morgan fingerprint density at radius 2 is 1.44 bits per heavy atom. The van der Waals surface area contributed by atoms with E-state index in [2.05, 4.69) is 0 Å². The third-order valence-electron chi connectivity index (χ3n) is 2.88. The van der Waals surface area contributed by atoms with Gasteiger partial charge in [-0.25, -0.2) is 0 Å². The molecule has 0 aliphatic carbocycles. The molecule has 0 N–H and O–H groups in total. The molecule has 88 valence electrons. The molecule has 0 atom stereocenters. The van der Waals surface area contributed by atoms with E-state index in [1.54, 1.807) is 20.8 Å². The van der Waals surface area contributed by atoms with Crippen molar-refractivity contribution in [3.8, 4) is 0 Å². The second-order valence-electron chi connectivity index (χ2n) is 4.83. The molecular weight excluding hydrogens is 333 g/mol. The van der Waals surface area contributed by atoms with Crippen molar-refractivity contribution in [3.05, 3.63) is 0 Å². The smallest absolute Gasteiger partial charge is 0.549 e. The number of aliphatic carboxylic acids is 2. The van der Waals surface area contributed by atoms with Crippen LogP contribution in [0, 0.1) is 10.8 Å². The third-order valence-corrected chi connectivity index (χ3v) is 2.88. The van der Waals surface area contributed by atoms with Crippen molar-refractivity contribution in [2.75, 3.05) is 0 Å². The molecule has 0 heterocycles. The SMILES string of the molecule is CCCCC(C(=O)[O-])(C(=O)[O-])C(C)(C)C.[Ba+2]. The average Bonchev–Trinajstić information content (AvgIpc) is 2.01. The Bertz CT molecular complexity index is 241. The summed E-state index contributed by atoms with van der Waals surface area (Å²) in [4.78, 5) is 22.2. The van der Waals surface area contributed by atoms with E-state index in [-0.39, 0.29) is 55.3 Å². The van der Waals surface area contributed by atoms with Crippen molar-refractivity contribution < 1.29 is 19.8 Å². The molecule has 0 spiro atoms. The van der Waals surface area contributed by atoms with Crippen molar-refractivity contribution in [2.45, 2.75) is 47.0 Å². The Hall–Kier alpha value is 0.511. The summed E-state index contributed by atoms with van der Waals surface area (Å²) in [5.41, 5.74) is -2.82. The molecule has 4 nitrogen and oxygen atoms in total. The Labute approximate surface area is 137 Å². The van der Waals surface area contributed by atoms with Crippen LogP contribution in [0.4, 0.5) is 0 Å². The summed E-state index contributed by atoms with van der Waals surface area (Å²) >= 11 is 0. The fraction of sp³-hybridized carbons (Fsp3) is 0.818. The van der Waals surface area contributed by atoms with Crippen LogP contribution in [0.1, 0.15) is 47.0 Å². The molecule has 0 aromatic carbocycles. The van der Waals surface area contributed by atoms with Gasteiger partial charge in [-0.3, -0.25) is 0 Å². The molecule has 0 saturated heterocycles. The zero-order valence-electron chi connectivity index (χ0n) is 10.5. The maximum Gasteiger partial charge on any atom is 2.00 e. The largest absolute Gasteiger partial charge is 2.00 e. The molecular formula is C11H18BaO4. The summed E-state index contributed by atoms with van der Waals surface area (Å²) in [6, 6.07) is 0. The molecule has 0 fully saturated rings. The van der Waals surface area contributed by atoms with E-state index < -0.39 is 22.8 Å². The van der Waals surface area contributed by atoms with Gasteiger partial charge in [0.15, 0.2) is 0 Å². The predicted molar refractivity (Wildman–Crippen MR) is 57.2 cm³/mol. The minimum atomic E-state index is -1.90. The van der Waals surface area contributed by atoms with Crippen molar-refractivity contribution >= 4 is 60.8 Å². The third kappa shape index (κ3) is 3.77. The molecule has 5 heteroatoms. The number of rotatable bonds is 5. The fourth-order valence-corrected chi connectivity index (χ4v) is 1.72. The minimum absolute atomic E-state index is 0. The van der Waals surface area contributed by atoms with E-state index in [1.165, 1.54) is 0 Å². The van der Waals surface area contributed by atoms with E-state index in [0.29, 0.717) is 6.42 Å². The van der Waals surface area contributed by atoms with Crippen molar-refractivity contribution in [3.63, 3.8) is 0 Å². The van der Waals surface area contributed by atoms with Crippen LogP contribution in [0.5, 0.6) is 0 Å². The first-order chi connectivity index (χ1) is 6.70. The van der Waals surface area contributed by atoms with Gasteiger partial charge in [0, 0.05) is 0 Å². The Balaban J connectivity index is 0. The molecule has 0 radical (unpaired) electrons. The van der Waals surface area contributed by atoms with E-state index in [0.717, 1.165) is 6.42 Å². The minimum Gasteiger partial charge on any atom is -0.549 e. The summed E-state index contributed by atoms with van der Waals surface area (Å²) < 4.78 is 0. The number of carbonyl (C=O) groups is 2. The van der Waals surface area contributed by atoms with Gasteiger partial charge in [0.1, 0.15) is 0 Å². The monoisotopic (exact) mass is 352 g/mol. The van der Waals surface area contributed by atoms with Gasteiger partial charge in [-0.1, -0.05) is 40.5 Å². The van der Waals surface area contributed by atoms with E-state index in [1.807, 2.05) is 6.92 Å². The molecule has 0 aromatic rings. The summed E-state index contributed by atoms with van der Waals surface area (Å²) in [5, 5.41) is 22.2. The maximum atomic E-state index is 11.1. The van der Waals surface area contributed by atoms with Crippen LogP contribution < -0.4 is 10.2 Å². The first-order valence-electron chi connectivity index (χ1n) is 5.13. The molecule has 0 amide bonds. The number of hydrogen-bond acceptors (Lipinski definition) is 4. The Morgan fingerprint density at radius 1 is 1.06 bits per heavy atom. The molecule has 0 saturated carbocycles. The standard InChI is InChI=1S/C11H20O4.Ba/c1-5-6-7-11(8(12)13,9(14)15)10(2,3)4;/h5-7H2,1-4H3,(H,12,13)(H,14,15);/q;+2/p-2. The summed E-state index contributed by atoms with van der Waals surface area (Å²) in [5.74, 6) is -3.10. The van der Waals surface area contributed by atoms with Crippen molar-refractivity contribution in [1.29, 1.82) is 0 Å². The molecule has 0 unspecified atom stereocenters. The number of carboxylic acids is 2. The summed E-state index contributed by atoms with van der Waals surface area (Å²) in [6.45, 7) is 6.61. The van der Waals surface area contributed by atoms with Gasteiger partial charge >= 0.3 is 48.9 Å². The second kappa shape index (κ2) is 7.06. The molecule has 0 bridgehead atoms. The van der Waals surface area contributed by atoms with Gasteiger partial charge in [-0.05, 0) is 11.8 Å². The second-order valence-corrected chi connectivity index (χ2v) is 4.83. The molecule has 0 aromatic heterocycles. The first-order valence-corrected chi connectivity index (χ1v) is 5.13. The van der Waals surface area contributed by atoms with Crippen LogP contribution in [0.25, 0.3) is 0 Å². The number of unbranched alkanes of at least 4 members (excludes halogenated alkanes) is 1. The molecule has 0 aliphatic heterocycles. The van der Waals surface area contributed by atoms with Crippen LogP contribution in [-0.2, 0) is 9.59 Å². The fourth-order valence-electron chi connectivity index (χ4n) is 1.72. The van der Waals surface area contributed by atoms with E-state index in [9.17, 15) is 19.8 Å². The average molecular weight is 352 g/mol. The van der Waals surface area contributed by atoms with Gasteiger partial charge in [-0.2, -0.15) is 0 Å². The zero-order valence-corrected chi connectivity index (χ0v) is 14.9. The van der Waals surface area contributed by atoms with Crippen molar-refractivity contribution in [1.82, 2.24) is 0 Å². The van der Waals surface area contributed by atoms with E-state index >= 15 is 0 Å². The Kier molecular flexibility index (Phi) is 8.32. The van der Waals surface area contributed by atoms with Gasteiger partial charge in [0.2, 0.25) is 0 Å². The van der Waals surface area contributed by atoms with Crippen LogP contribution in [-0.4, -0.2) is 60.8 Å². The summed E-state index contributed by atoms with van der Waals surface area (Å²) in [6.07, 6.45) is 1.31. The molecule has 0 aliphatic rings. The molecule has 16 heavy (non-hydrogen) atoms. The normalized spacial score (nSPS) is 11.8. The van der Waals surface area contributed by atoms with Crippen LogP contribution in [0.2, 0.25) is 0 Å². The van der Waals surface area contributed by atoms with Crippen molar-refractivity contribution in [2.24, 2.45) is 10.8 Å². The van der Waals surface area contributed by atoms with Gasteiger partial charge in [0.25, 0.3) is 0 Å². The number of hydrogen-bond donors (Lipinski definition) is 0. The van der Waals surface area contributed by atoms with Gasteiger partial charge in [-0.15, -0.1) is 0 Å². The Morgan fingerprint density at radius 3 is 1.62 bits per heavy atom. The summed E-state index contributed by atoms with van der Waals surface area (Å²) in [7, 11) is 0. The quantitative estimate of drug-likeness (QED) is 0.486.